The number of aromatic nitrogens is 1. The van der Waals surface area contributed by atoms with Crippen molar-refractivity contribution in [3.63, 3.8) is 0 Å². The van der Waals surface area contributed by atoms with E-state index < -0.39 is 23.5 Å². The molecule has 27 heavy (non-hydrogen) atoms. The molecule has 0 aliphatic rings. The first-order valence-corrected chi connectivity index (χ1v) is 8.21. The molecule has 0 radical (unpaired) electrons. The summed E-state index contributed by atoms with van der Waals surface area (Å²) in [6, 6.07) is 9.23. The Kier molecular flexibility index (Phi) is 4.95. The molecular weight excluding hydrogens is 362 g/mol. The maximum Gasteiger partial charge on any atom is 0.416 e. The third kappa shape index (κ3) is 3.82. The molecule has 0 saturated heterocycles. The number of hydrogen-bond acceptors (Lipinski definition) is 2. The number of alkyl halides is 3. The molecule has 0 saturated carbocycles. The average Bonchev–Trinajstić information content (AvgIpc) is 2.86. The van der Waals surface area contributed by atoms with Crippen molar-refractivity contribution in [3.05, 3.63) is 70.7 Å². The maximum absolute atomic E-state index is 13.7. The first-order chi connectivity index (χ1) is 12.7. The number of ether oxygens (including phenoxy) is 1. The summed E-state index contributed by atoms with van der Waals surface area (Å²) >= 11 is 0. The smallest absolute Gasteiger partial charge is 0.416 e. The molecule has 3 rings (SSSR count). The van der Waals surface area contributed by atoms with E-state index in [0.29, 0.717) is 27.7 Å². The van der Waals surface area contributed by atoms with E-state index in [0.717, 1.165) is 12.1 Å². The van der Waals surface area contributed by atoms with Crippen LogP contribution in [0.15, 0.2) is 42.5 Å². The number of rotatable bonds is 4. The van der Waals surface area contributed by atoms with E-state index in [1.54, 1.807) is 23.6 Å². The minimum Gasteiger partial charge on any atom is -0.469 e. The van der Waals surface area contributed by atoms with Gasteiger partial charge in [0.1, 0.15) is 5.82 Å². The van der Waals surface area contributed by atoms with E-state index in [-0.39, 0.29) is 13.0 Å². The first kappa shape index (κ1) is 18.9. The third-order valence-electron chi connectivity index (χ3n) is 4.56. The number of carbonyl (C=O) groups is 1. The van der Waals surface area contributed by atoms with Crippen LogP contribution in [0, 0.1) is 12.7 Å². The second-order valence-corrected chi connectivity index (χ2v) is 6.26. The summed E-state index contributed by atoms with van der Waals surface area (Å²) in [5.41, 5.74) is 1.65. The summed E-state index contributed by atoms with van der Waals surface area (Å²) in [5.74, 6) is -0.926. The Labute approximate surface area is 153 Å². The number of nitrogens with zero attached hydrogens (tertiary/aromatic N) is 1. The van der Waals surface area contributed by atoms with E-state index in [1.807, 2.05) is 0 Å². The zero-order valence-corrected chi connectivity index (χ0v) is 14.7. The van der Waals surface area contributed by atoms with Gasteiger partial charge in [-0.05, 0) is 48.4 Å². The van der Waals surface area contributed by atoms with Crippen LogP contribution in [0.5, 0.6) is 0 Å². The predicted molar refractivity (Wildman–Crippen MR) is 92.9 cm³/mol. The summed E-state index contributed by atoms with van der Waals surface area (Å²) in [6.07, 6.45) is -4.47. The lowest BCUT2D eigenvalue weighted by atomic mass is 10.1. The topological polar surface area (TPSA) is 31.2 Å². The van der Waals surface area contributed by atoms with Crippen LogP contribution in [-0.2, 0) is 28.7 Å². The second-order valence-electron chi connectivity index (χ2n) is 6.26. The van der Waals surface area contributed by atoms with Gasteiger partial charge in [-0.1, -0.05) is 12.1 Å². The fourth-order valence-electron chi connectivity index (χ4n) is 3.20. The number of fused-ring (bicyclic) bond motifs is 1. The molecule has 2 aromatic carbocycles. The van der Waals surface area contributed by atoms with Crippen LogP contribution in [0.4, 0.5) is 17.6 Å². The number of carbonyl (C=O) groups excluding carboxylic acids is 1. The number of methoxy groups -OCH3 is 1. The summed E-state index contributed by atoms with van der Waals surface area (Å²) in [6.45, 7) is 1.92. The van der Waals surface area contributed by atoms with Gasteiger partial charge in [0.15, 0.2) is 0 Å². The van der Waals surface area contributed by atoms with Crippen LogP contribution in [0.25, 0.3) is 10.9 Å². The van der Waals surface area contributed by atoms with Crippen LogP contribution in [0.2, 0.25) is 0 Å². The fraction of sp³-hybridized carbons (Fsp3) is 0.250. The van der Waals surface area contributed by atoms with Crippen LogP contribution in [-0.4, -0.2) is 17.6 Å². The predicted octanol–water partition coefficient (Wildman–Crippen LogP) is 4.87. The molecule has 142 valence electrons. The molecule has 0 atom stereocenters. The minimum atomic E-state index is -4.43. The highest BCUT2D eigenvalue weighted by Gasteiger charge is 2.30. The van der Waals surface area contributed by atoms with Crippen molar-refractivity contribution in [2.45, 2.75) is 26.1 Å². The quantitative estimate of drug-likeness (QED) is 0.478. The standard InChI is InChI=1S/C20H17F4NO2/c1-12-16(10-19(26)27-2)17-9-15(21)6-7-18(17)25(12)11-13-4-3-5-14(8-13)20(22,23)24/h3-9H,10-11H2,1-2H3. The molecule has 7 heteroatoms. The van der Waals surface area contributed by atoms with Crippen molar-refractivity contribution in [1.82, 2.24) is 4.57 Å². The normalized spacial score (nSPS) is 11.8. The molecule has 0 aliphatic heterocycles. The van der Waals surface area contributed by atoms with Crippen LogP contribution in [0.1, 0.15) is 22.4 Å². The highest BCUT2D eigenvalue weighted by Crippen LogP contribution is 2.31. The van der Waals surface area contributed by atoms with Crippen LogP contribution < -0.4 is 0 Å². The van der Waals surface area contributed by atoms with E-state index in [2.05, 4.69) is 0 Å². The molecule has 0 fully saturated rings. The van der Waals surface area contributed by atoms with E-state index >= 15 is 0 Å². The van der Waals surface area contributed by atoms with Gasteiger partial charge in [0.2, 0.25) is 0 Å². The zero-order chi connectivity index (χ0) is 19.8. The van der Waals surface area contributed by atoms with Crippen LogP contribution in [0.3, 0.4) is 0 Å². The largest absolute Gasteiger partial charge is 0.469 e. The fourth-order valence-corrected chi connectivity index (χ4v) is 3.20. The van der Waals surface area contributed by atoms with Gasteiger partial charge in [0, 0.05) is 23.1 Å². The molecule has 1 aromatic heterocycles. The Morgan fingerprint density at radius 2 is 1.89 bits per heavy atom. The number of benzene rings is 2. The molecule has 1 heterocycles. The number of esters is 1. The Hall–Kier alpha value is -2.83. The molecular formula is C20H17F4NO2. The number of hydrogen-bond donors (Lipinski definition) is 0. The Morgan fingerprint density at radius 1 is 1.15 bits per heavy atom. The Bertz CT molecular complexity index is 1010. The molecule has 0 spiro atoms. The van der Waals surface area contributed by atoms with E-state index in [1.165, 1.54) is 25.3 Å². The maximum atomic E-state index is 13.7. The monoisotopic (exact) mass is 379 g/mol. The molecule has 0 amide bonds. The van der Waals surface area contributed by atoms with E-state index in [9.17, 15) is 22.4 Å². The first-order valence-electron chi connectivity index (χ1n) is 8.21. The summed E-state index contributed by atoms with van der Waals surface area (Å²) in [5, 5.41) is 0.546. The third-order valence-corrected chi connectivity index (χ3v) is 4.56. The molecule has 0 N–H and O–H groups in total. The van der Waals surface area contributed by atoms with Gasteiger partial charge >= 0.3 is 12.1 Å². The van der Waals surface area contributed by atoms with Gasteiger partial charge in [0.25, 0.3) is 0 Å². The van der Waals surface area contributed by atoms with Crippen molar-refractivity contribution in [2.24, 2.45) is 0 Å². The number of halogens is 4. The van der Waals surface area contributed by atoms with Crippen LogP contribution >= 0.6 is 0 Å². The van der Waals surface area contributed by atoms with Crippen molar-refractivity contribution in [1.29, 1.82) is 0 Å². The lowest BCUT2D eigenvalue weighted by Crippen LogP contribution is -2.08. The molecule has 3 nitrogen and oxygen atoms in total. The van der Waals surface area contributed by atoms with E-state index in [4.69, 9.17) is 4.74 Å². The lowest BCUT2D eigenvalue weighted by Gasteiger charge is -2.12. The Balaban J connectivity index is 2.10. The highest BCUT2D eigenvalue weighted by atomic mass is 19.4. The minimum absolute atomic E-state index is 0.0438. The van der Waals surface area contributed by atoms with Gasteiger partial charge in [-0.25, -0.2) is 4.39 Å². The lowest BCUT2D eigenvalue weighted by molar-refractivity contribution is -0.140. The molecule has 0 unspecified atom stereocenters. The van der Waals surface area contributed by atoms with Gasteiger partial charge in [-0.15, -0.1) is 0 Å². The molecule has 0 aliphatic carbocycles. The van der Waals surface area contributed by atoms with Crippen molar-refractivity contribution in [2.75, 3.05) is 7.11 Å². The highest BCUT2D eigenvalue weighted by molar-refractivity contribution is 5.89. The Morgan fingerprint density at radius 3 is 2.56 bits per heavy atom. The zero-order valence-electron chi connectivity index (χ0n) is 14.7. The molecule has 0 bridgehead atoms. The summed E-state index contributed by atoms with van der Waals surface area (Å²) in [4.78, 5) is 11.7. The SMILES string of the molecule is COC(=O)Cc1c(C)n(Cc2cccc(C(F)(F)F)c2)c2ccc(F)cc12. The van der Waals surface area contributed by atoms with Gasteiger partial charge in [0.05, 0.1) is 19.1 Å². The van der Waals surface area contributed by atoms with Gasteiger partial charge in [-0.3, -0.25) is 4.79 Å². The summed E-state index contributed by atoms with van der Waals surface area (Å²) in [7, 11) is 1.26. The van der Waals surface area contributed by atoms with Gasteiger partial charge < -0.3 is 9.30 Å². The van der Waals surface area contributed by atoms with Crippen molar-refractivity contribution < 1.29 is 27.1 Å². The average molecular weight is 379 g/mol. The van der Waals surface area contributed by atoms with Gasteiger partial charge in [-0.2, -0.15) is 13.2 Å². The van der Waals surface area contributed by atoms with Crippen molar-refractivity contribution >= 4 is 16.9 Å². The molecule has 3 aromatic rings. The van der Waals surface area contributed by atoms with Crippen molar-refractivity contribution in [3.8, 4) is 0 Å². The second kappa shape index (κ2) is 7.06. The summed E-state index contributed by atoms with van der Waals surface area (Å²) < 4.78 is 59.1.